The van der Waals surface area contributed by atoms with Crippen molar-refractivity contribution < 1.29 is 10.2 Å². The number of benzene rings is 1. The summed E-state index contributed by atoms with van der Waals surface area (Å²) in [4.78, 5) is 14.0. The van der Waals surface area contributed by atoms with Crippen molar-refractivity contribution in [1.82, 2.24) is 10.3 Å². The van der Waals surface area contributed by atoms with Gasteiger partial charge in [0.15, 0.2) is 0 Å². The normalized spacial score (nSPS) is 14.3. The molecule has 1 aromatic heterocycles. The molecular weight excluding hydrogens is 256 g/mol. The monoisotopic (exact) mass is 276 g/mol. The third-order valence-corrected chi connectivity index (χ3v) is 3.51. The predicted octanol–water partition coefficient (Wildman–Crippen LogP) is 1.66. The first kappa shape index (κ1) is 14.6. The van der Waals surface area contributed by atoms with Crippen molar-refractivity contribution >= 4 is 10.9 Å². The van der Waals surface area contributed by atoms with E-state index in [4.69, 9.17) is 0 Å². The number of phenols is 1. The fraction of sp³-hybridized carbons (Fsp3) is 0.400. The minimum absolute atomic E-state index is 0.00477. The molecule has 1 aromatic carbocycles. The summed E-state index contributed by atoms with van der Waals surface area (Å²) in [5.41, 5.74) is 0.778. The molecule has 0 bridgehead atoms. The Kier molecular flexibility index (Phi) is 4.42. The van der Waals surface area contributed by atoms with Crippen LogP contribution in [0.4, 0.5) is 0 Å². The highest BCUT2D eigenvalue weighted by atomic mass is 16.3. The van der Waals surface area contributed by atoms with Gasteiger partial charge in [0, 0.05) is 17.5 Å². The smallest absolute Gasteiger partial charge is 0.248 e. The van der Waals surface area contributed by atoms with E-state index in [-0.39, 0.29) is 17.4 Å². The molecule has 2 aromatic rings. The molecule has 5 heteroatoms. The Hall–Kier alpha value is -1.85. The van der Waals surface area contributed by atoms with Gasteiger partial charge in [-0.3, -0.25) is 4.79 Å². The van der Waals surface area contributed by atoms with Crippen molar-refractivity contribution in [2.45, 2.75) is 32.4 Å². The number of likely N-dealkylation sites (N-methyl/N-ethyl adjacent to an activating group) is 1. The number of H-pyrrole nitrogens is 1. The van der Waals surface area contributed by atoms with Crippen LogP contribution >= 0.6 is 0 Å². The van der Waals surface area contributed by atoms with Crippen LogP contribution in [0.25, 0.3) is 10.9 Å². The highest BCUT2D eigenvalue weighted by Gasteiger charge is 2.21. The minimum Gasteiger partial charge on any atom is -0.506 e. The van der Waals surface area contributed by atoms with Crippen molar-refractivity contribution in [3.63, 3.8) is 0 Å². The third kappa shape index (κ3) is 2.69. The fourth-order valence-electron chi connectivity index (χ4n) is 2.48. The first-order valence-corrected chi connectivity index (χ1v) is 6.84. The molecule has 0 aliphatic carbocycles. The molecule has 0 aliphatic rings. The molecule has 0 spiro atoms. The summed E-state index contributed by atoms with van der Waals surface area (Å²) >= 11 is 0. The van der Waals surface area contributed by atoms with Gasteiger partial charge in [-0.05, 0) is 30.7 Å². The zero-order valence-electron chi connectivity index (χ0n) is 11.7. The number of aliphatic hydroxyl groups is 1. The van der Waals surface area contributed by atoms with E-state index in [9.17, 15) is 15.0 Å². The van der Waals surface area contributed by atoms with Crippen LogP contribution in [-0.2, 0) is 0 Å². The number of hydrogen-bond donors (Lipinski definition) is 4. The van der Waals surface area contributed by atoms with Crippen molar-refractivity contribution in [2.24, 2.45) is 0 Å². The van der Waals surface area contributed by atoms with Gasteiger partial charge in [-0.25, -0.2) is 0 Å². The molecule has 108 valence electrons. The van der Waals surface area contributed by atoms with E-state index in [1.165, 1.54) is 12.1 Å². The summed E-state index contributed by atoms with van der Waals surface area (Å²) in [6, 6.07) is 6.15. The van der Waals surface area contributed by atoms with Gasteiger partial charge in [-0.2, -0.15) is 0 Å². The molecule has 20 heavy (non-hydrogen) atoms. The first-order chi connectivity index (χ1) is 9.58. The molecule has 0 amide bonds. The van der Waals surface area contributed by atoms with Crippen molar-refractivity contribution in [3.05, 3.63) is 40.2 Å². The van der Waals surface area contributed by atoms with Crippen LogP contribution in [0.15, 0.2) is 29.1 Å². The van der Waals surface area contributed by atoms with Gasteiger partial charge in [-0.15, -0.1) is 0 Å². The molecule has 5 nitrogen and oxygen atoms in total. The lowest BCUT2D eigenvalue weighted by Gasteiger charge is -2.24. The van der Waals surface area contributed by atoms with E-state index in [0.29, 0.717) is 16.5 Å². The minimum atomic E-state index is -0.700. The maximum Gasteiger partial charge on any atom is 0.248 e. The fourth-order valence-corrected chi connectivity index (χ4v) is 2.48. The van der Waals surface area contributed by atoms with E-state index in [0.717, 1.165) is 13.0 Å². The Morgan fingerprint density at radius 3 is 2.65 bits per heavy atom. The number of nitrogens with one attached hydrogen (secondary N) is 2. The summed E-state index contributed by atoms with van der Waals surface area (Å²) in [7, 11) is 0. The Labute approximate surface area is 117 Å². The van der Waals surface area contributed by atoms with Crippen molar-refractivity contribution in [2.75, 3.05) is 6.54 Å². The average molecular weight is 276 g/mol. The highest BCUT2D eigenvalue weighted by molar-refractivity contribution is 5.87. The lowest BCUT2D eigenvalue weighted by Crippen LogP contribution is -2.34. The SMILES string of the molecule is CCNC(CC)C(O)c1ccc(O)c2[nH]c(=O)ccc12. The number of aromatic nitrogens is 1. The van der Waals surface area contributed by atoms with Crippen LogP contribution in [-0.4, -0.2) is 27.8 Å². The molecule has 2 rings (SSSR count). The average Bonchev–Trinajstić information content (AvgIpc) is 2.45. The molecule has 2 atom stereocenters. The number of fused-ring (bicyclic) bond motifs is 1. The second-order valence-corrected chi connectivity index (χ2v) is 4.80. The largest absolute Gasteiger partial charge is 0.506 e. The summed E-state index contributed by atoms with van der Waals surface area (Å²) in [6.07, 6.45) is 0.0785. The standard InChI is InChI=1S/C15H20N2O3/c1-3-11(16-4-2)15(20)10-5-7-12(18)14-9(10)6-8-13(19)17-14/h5-8,11,15-16,18,20H,3-4H2,1-2H3,(H,17,19). The zero-order chi connectivity index (χ0) is 14.7. The van der Waals surface area contributed by atoms with E-state index in [2.05, 4.69) is 10.3 Å². The third-order valence-electron chi connectivity index (χ3n) is 3.51. The van der Waals surface area contributed by atoms with Crippen LogP contribution in [0, 0.1) is 0 Å². The molecule has 4 N–H and O–H groups in total. The summed E-state index contributed by atoms with van der Waals surface area (Å²) in [5.74, 6) is 0.00477. The van der Waals surface area contributed by atoms with Gasteiger partial charge in [0.2, 0.25) is 5.56 Å². The Bertz CT molecular complexity index is 651. The van der Waals surface area contributed by atoms with Crippen LogP contribution in [0.3, 0.4) is 0 Å². The number of phenolic OH excluding ortho intramolecular Hbond substituents is 1. The lowest BCUT2D eigenvalue weighted by molar-refractivity contribution is 0.128. The molecule has 2 unspecified atom stereocenters. The van der Waals surface area contributed by atoms with Gasteiger partial charge in [0.25, 0.3) is 0 Å². The van der Waals surface area contributed by atoms with Gasteiger partial charge in [0.05, 0.1) is 11.6 Å². The highest BCUT2D eigenvalue weighted by Crippen LogP contribution is 2.30. The summed E-state index contributed by atoms with van der Waals surface area (Å²) < 4.78 is 0. The van der Waals surface area contributed by atoms with Crippen LogP contribution in [0.1, 0.15) is 31.9 Å². The maximum atomic E-state index is 11.4. The van der Waals surface area contributed by atoms with Gasteiger partial charge >= 0.3 is 0 Å². The van der Waals surface area contributed by atoms with Gasteiger partial charge in [-0.1, -0.05) is 19.9 Å². The lowest BCUT2D eigenvalue weighted by atomic mass is 9.96. The zero-order valence-corrected chi connectivity index (χ0v) is 11.7. The van der Waals surface area contributed by atoms with Crippen molar-refractivity contribution in [1.29, 1.82) is 0 Å². The Balaban J connectivity index is 2.54. The Morgan fingerprint density at radius 1 is 1.25 bits per heavy atom. The number of aliphatic hydroxyl groups excluding tert-OH is 1. The number of pyridine rings is 1. The number of aromatic hydroxyl groups is 1. The Morgan fingerprint density at radius 2 is 2.00 bits per heavy atom. The van der Waals surface area contributed by atoms with Gasteiger partial charge in [0.1, 0.15) is 5.75 Å². The van der Waals surface area contributed by atoms with E-state index < -0.39 is 6.10 Å². The number of rotatable bonds is 5. The molecule has 1 heterocycles. The van der Waals surface area contributed by atoms with E-state index in [1.54, 1.807) is 12.1 Å². The van der Waals surface area contributed by atoms with Crippen LogP contribution in [0.5, 0.6) is 5.75 Å². The molecule has 0 fully saturated rings. The molecule has 0 aliphatic heterocycles. The second-order valence-electron chi connectivity index (χ2n) is 4.80. The molecule has 0 saturated heterocycles. The second kappa shape index (κ2) is 6.07. The topological polar surface area (TPSA) is 85.3 Å². The van der Waals surface area contributed by atoms with Crippen LogP contribution in [0.2, 0.25) is 0 Å². The first-order valence-electron chi connectivity index (χ1n) is 6.84. The number of hydrogen-bond acceptors (Lipinski definition) is 4. The molecular formula is C15H20N2O3. The molecule has 0 radical (unpaired) electrons. The van der Waals surface area contributed by atoms with E-state index >= 15 is 0 Å². The maximum absolute atomic E-state index is 11.4. The molecule has 0 saturated carbocycles. The predicted molar refractivity (Wildman–Crippen MR) is 78.9 cm³/mol. The van der Waals surface area contributed by atoms with Crippen LogP contribution < -0.4 is 10.9 Å². The van der Waals surface area contributed by atoms with E-state index in [1.807, 2.05) is 13.8 Å². The summed E-state index contributed by atoms with van der Waals surface area (Å²) in [6.45, 7) is 4.76. The van der Waals surface area contributed by atoms with Gasteiger partial charge < -0.3 is 20.5 Å². The van der Waals surface area contributed by atoms with Crippen molar-refractivity contribution in [3.8, 4) is 5.75 Å². The quantitative estimate of drug-likeness (QED) is 0.669. The number of aromatic amines is 1. The summed E-state index contributed by atoms with van der Waals surface area (Å²) in [5, 5.41) is 24.3.